The van der Waals surface area contributed by atoms with E-state index in [0.29, 0.717) is 52.4 Å². The fourth-order valence-electron chi connectivity index (χ4n) is 3.45. The van der Waals surface area contributed by atoms with Gasteiger partial charge in [-0.3, -0.25) is 18.9 Å². The highest BCUT2D eigenvalue weighted by Gasteiger charge is 2.32. The fraction of sp³-hybridized carbons (Fsp3) is 0.250. The number of aromatic nitrogens is 2. The minimum absolute atomic E-state index is 0.205. The van der Waals surface area contributed by atoms with Gasteiger partial charge in [-0.1, -0.05) is 59.9 Å². The molecule has 9 heteroatoms. The van der Waals surface area contributed by atoms with Crippen LogP contribution in [-0.4, -0.2) is 44.8 Å². The van der Waals surface area contributed by atoms with Crippen LogP contribution in [0.4, 0.5) is 5.82 Å². The minimum Gasteiger partial charge on any atom is -0.385 e. The van der Waals surface area contributed by atoms with E-state index >= 15 is 0 Å². The number of carbonyl (C=O) groups excluding carboxylic acids is 1. The van der Waals surface area contributed by atoms with Crippen molar-refractivity contribution in [1.29, 1.82) is 0 Å². The van der Waals surface area contributed by atoms with Crippen LogP contribution >= 0.6 is 24.0 Å². The molecule has 2 aromatic heterocycles. The third-order valence-electron chi connectivity index (χ3n) is 5.23. The van der Waals surface area contributed by atoms with Gasteiger partial charge in [0.2, 0.25) is 0 Å². The Labute approximate surface area is 201 Å². The van der Waals surface area contributed by atoms with E-state index in [1.165, 1.54) is 21.7 Å². The van der Waals surface area contributed by atoms with Crippen molar-refractivity contribution in [2.75, 3.05) is 25.6 Å². The van der Waals surface area contributed by atoms with Gasteiger partial charge in [0.25, 0.3) is 11.5 Å². The van der Waals surface area contributed by atoms with Crippen LogP contribution in [0.25, 0.3) is 11.7 Å². The summed E-state index contributed by atoms with van der Waals surface area (Å²) in [7, 11) is 1.62. The number of fused-ring (bicyclic) bond motifs is 1. The van der Waals surface area contributed by atoms with Crippen molar-refractivity contribution in [3.63, 3.8) is 0 Å². The normalized spacial score (nSPS) is 15.1. The summed E-state index contributed by atoms with van der Waals surface area (Å²) in [6, 6.07) is 13.5. The highest BCUT2D eigenvalue weighted by Crippen LogP contribution is 2.33. The molecular weight excluding hydrogens is 456 g/mol. The molecule has 1 N–H and O–H groups in total. The molecule has 7 nitrogen and oxygen atoms in total. The molecule has 3 aromatic rings. The molecule has 33 heavy (non-hydrogen) atoms. The van der Waals surface area contributed by atoms with Crippen LogP contribution in [0.15, 0.2) is 58.4 Å². The maximum atomic E-state index is 13.3. The van der Waals surface area contributed by atoms with Crippen molar-refractivity contribution >= 4 is 51.7 Å². The number of amides is 1. The molecule has 0 unspecified atom stereocenters. The lowest BCUT2D eigenvalue weighted by Crippen LogP contribution is -2.29. The first-order chi connectivity index (χ1) is 16.0. The van der Waals surface area contributed by atoms with Crippen molar-refractivity contribution in [1.82, 2.24) is 14.3 Å². The summed E-state index contributed by atoms with van der Waals surface area (Å²) < 4.78 is 7.03. The van der Waals surface area contributed by atoms with E-state index < -0.39 is 0 Å². The molecule has 1 fully saturated rings. The van der Waals surface area contributed by atoms with Crippen molar-refractivity contribution < 1.29 is 9.53 Å². The van der Waals surface area contributed by atoms with E-state index in [4.69, 9.17) is 17.0 Å². The number of anilines is 1. The molecule has 3 heterocycles. The predicted octanol–water partition coefficient (Wildman–Crippen LogP) is 3.85. The fourth-order valence-corrected chi connectivity index (χ4v) is 4.74. The van der Waals surface area contributed by atoms with Crippen LogP contribution in [0.5, 0.6) is 0 Å². The highest BCUT2D eigenvalue weighted by molar-refractivity contribution is 8.26. The number of ether oxygens (including phenoxy) is 1. The number of carbonyl (C=O) groups is 1. The van der Waals surface area contributed by atoms with Crippen LogP contribution in [0.2, 0.25) is 0 Å². The van der Waals surface area contributed by atoms with Gasteiger partial charge in [-0.25, -0.2) is 4.98 Å². The third-order valence-corrected chi connectivity index (χ3v) is 6.61. The SMILES string of the molecule is COCCCN1C(=O)C(=Cc2c(NCc3ccc(C)cc3)nc3ccccn3c2=O)SC1=S. The highest BCUT2D eigenvalue weighted by atomic mass is 32.2. The Bertz CT molecular complexity index is 1290. The quantitative estimate of drug-likeness (QED) is 0.298. The number of nitrogens with zero attached hydrogens (tertiary/aromatic N) is 3. The Kier molecular flexibility index (Phi) is 7.22. The molecule has 0 spiro atoms. The molecule has 4 rings (SSSR count). The first kappa shape index (κ1) is 23.2. The Balaban J connectivity index is 1.69. The lowest BCUT2D eigenvalue weighted by molar-refractivity contribution is -0.122. The van der Waals surface area contributed by atoms with Crippen molar-refractivity contribution in [2.24, 2.45) is 0 Å². The first-order valence-electron chi connectivity index (χ1n) is 10.5. The number of benzene rings is 1. The summed E-state index contributed by atoms with van der Waals surface area (Å²) in [4.78, 5) is 32.9. The summed E-state index contributed by atoms with van der Waals surface area (Å²) in [5, 5.41) is 3.28. The van der Waals surface area contributed by atoms with Gasteiger partial charge in [0, 0.05) is 33.0 Å². The number of thiocarbonyl (C=S) groups is 1. The van der Waals surface area contributed by atoms with Crippen LogP contribution in [0, 0.1) is 6.92 Å². The Morgan fingerprint density at radius 2 is 1.97 bits per heavy atom. The summed E-state index contributed by atoms with van der Waals surface area (Å²) in [6.45, 7) is 3.55. The standard InChI is InChI=1S/C24H24N4O3S2/c1-16-7-9-17(10-8-16)15-25-21-18(22(29)27-11-4-3-6-20(27)26-21)14-19-23(30)28(24(32)33-19)12-5-13-31-2/h3-4,6-11,14,25H,5,12-13,15H2,1-2H3. The maximum absolute atomic E-state index is 13.3. The molecule has 1 aliphatic rings. The van der Waals surface area contributed by atoms with Gasteiger partial charge in [0.15, 0.2) is 0 Å². The van der Waals surface area contributed by atoms with Gasteiger partial charge in [-0.05, 0) is 37.1 Å². The number of aryl methyl sites for hydroxylation is 1. The number of thioether (sulfide) groups is 1. The second-order valence-electron chi connectivity index (χ2n) is 7.63. The Morgan fingerprint density at radius 3 is 2.73 bits per heavy atom. The monoisotopic (exact) mass is 480 g/mol. The summed E-state index contributed by atoms with van der Waals surface area (Å²) in [5.41, 5.74) is 2.83. The molecular formula is C24H24N4O3S2. The molecule has 1 aliphatic heterocycles. The summed E-state index contributed by atoms with van der Waals surface area (Å²) in [5.74, 6) is 0.222. The average molecular weight is 481 g/mol. The lowest BCUT2D eigenvalue weighted by Gasteiger charge is -2.13. The predicted molar refractivity (Wildman–Crippen MR) is 136 cm³/mol. The van der Waals surface area contributed by atoms with Crippen molar-refractivity contribution in [3.8, 4) is 0 Å². The van der Waals surface area contributed by atoms with Gasteiger partial charge in [-0.15, -0.1) is 0 Å². The van der Waals surface area contributed by atoms with Gasteiger partial charge >= 0.3 is 0 Å². The van der Waals surface area contributed by atoms with Crippen LogP contribution in [0.3, 0.4) is 0 Å². The maximum Gasteiger partial charge on any atom is 0.267 e. The summed E-state index contributed by atoms with van der Waals surface area (Å²) in [6.07, 6.45) is 3.95. The first-order valence-corrected chi connectivity index (χ1v) is 11.8. The van der Waals surface area contributed by atoms with Gasteiger partial charge in [-0.2, -0.15) is 0 Å². The van der Waals surface area contributed by atoms with Crippen molar-refractivity contribution in [2.45, 2.75) is 19.9 Å². The number of pyridine rings is 1. The van der Waals surface area contributed by atoms with E-state index in [1.54, 1.807) is 36.4 Å². The van der Waals surface area contributed by atoms with E-state index in [-0.39, 0.29) is 11.5 Å². The molecule has 0 atom stereocenters. The lowest BCUT2D eigenvalue weighted by atomic mass is 10.1. The second kappa shape index (κ2) is 10.3. The van der Waals surface area contributed by atoms with Crippen LogP contribution in [0.1, 0.15) is 23.1 Å². The molecule has 0 radical (unpaired) electrons. The molecule has 0 bridgehead atoms. The number of methoxy groups -OCH3 is 1. The second-order valence-corrected chi connectivity index (χ2v) is 9.30. The van der Waals surface area contributed by atoms with Gasteiger partial charge in [0.05, 0.1) is 10.5 Å². The molecule has 1 amide bonds. The topological polar surface area (TPSA) is 75.9 Å². The summed E-state index contributed by atoms with van der Waals surface area (Å²) >= 11 is 6.60. The largest absolute Gasteiger partial charge is 0.385 e. The zero-order chi connectivity index (χ0) is 23.4. The zero-order valence-corrected chi connectivity index (χ0v) is 20.0. The molecule has 0 saturated carbocycles. The Hall–Kier alpha value is -3.01. The van der Waals surface area contributed by atoms with Gasteiger partial charge in [0.1, 0.15) is 15.8 Å². The van der Waals surface area contributed by atoms with E-state index in [9.17, 15) is 9.59 Å². The molecule has 1 aromatic carbocycles. The minimum atomic E-state index is -0.253. The average Bonchev–Trinajstić information content (AvgIpc) is 3.08. The molecule has 1 saturated heterocycles. The number of nitrogens with one attached hydrogen (secondary N) is 1. The van der Waals surface area contributed by atoms with E-state index in [2.05, 4.69) is 10.3 Å². The number of hydrogen-bond donors (Lipinski definition) is 1. The van der Waals surface area contributed by atoms with Crippen LogP contribution in [-0.2, 0) is 16.1 Å². The van der Waals surface area contributed by atoms with Crippen LogP contribution < -0.4 is 10.9 Å². The smallest absolute Gasteiger partial charge is 0.267 e. The van der Waals surface area contributed by atoms with Gasteiger partial charge < -0.3 is 10.1 Å². The van der Waals surface area contributed by atoms with E-state index in [0.717, 1.165) is 5.56 Å². The number of rotatable bonds is 8. The molecule has 0 aliphatic carbocycles. The zero-order valence-electron chi connectivity index (χ0n) is 18.4. The Morgan fingerprint density at radius 1 is 1.18 bits per heavy atom. The van der Waals surface area contributed by atoms with E-state index in [1.807, 2.05) is 37.3 Å². The van der Waals surface area contributed by atoms with Crippen molar-refractivity contribution in [3.05, 3.63) is 80.6 Å². The third kappa shape index (κ3) is 5.16. The molecule has 170 valence electrons. The number of hydrogen-bond acceptors (Lipinski definition) is 7.